The summed E-state index contributed by atoms with van der Waals surface area (Å²) < 4.78 is 40.7. The lowest BCUT2D eigenvalue weighted by Gasteiger charge is -2.35. The molecule has 0 bridgehead atoms. The summed E-state index contributed by atoms with van der Waals surface area (Å²) in [6.07, 6.45) is -1.32. The molecule has 1 aliphatic heterocycles. The number of nitrogens with one attached hydrogen (secondary N) is 2. The average Bonchev–Trinajstić information content (AvgIpc) is 2.53. The van der Waals surface area contributed by atoms with Gasteiger partial charge in [0.25, 0.3) is 0 Å². The Morgan fingerprint density at radius 2 is 1.96 bits per heavy atom. The van der Waals surface area contributed by atoms with E-state index in [1.54, 1.807) is 4.90 Å². The monoisotopic (exact) mass is 385 g/mol. The van der Waals surface area contributed by atoms with Gasteiger partial charge in [-0.15, -0.1) is 13.2 Å². The van der Waals surface area contributed by atoms with Gasteiger partial charge in [-0.25, -0.2) is 0 Å². The summed E-state index contributed by atoms with van der Waals surface area (Å²) in [5, 5.41) is 5.63. The van der Waals surface area contributed by atoms with Crippen LogP contribution in [0.15, 0.2) is 24.3 Å². The molecule has 6 nitrogen and oxygen atoms in total. The minimum atomic E-state index is -4.77. The van der Waals surface area contributed by atoms with Gasteiger partial charge in [0, 0.05) is 19.6 Å². The summed E-state index contributed by atoms with van der Waals surface area (Å²) in [6, 6.07) is 4.43. The van der Waals surface area contributed by atoms with E-state index in [4.69, 9.17) is 0 Å². The van der Waals surface area contributed by atoms with Gasteiger partial charge in [0.2, 0.25) is 11.8 Å². The van der Waals surface area contributed by atoms with E-state index in [1.807, 2.05) is 0 Å². The first-order valence-corrected chi connectivity index (χ1v) is 8.96. The highest BCUT2D eigenvalue weighted by atomic mass is 19.4. The second-order valence-electron chi connectivity index (χ2n) is 6.88. The Hall–Kier alpha value is -2.29. The Labute approximate surface area is 155 Å². The van der Waals surface area contributed by atoms with Crippen LogP contribution in [0.25, 0.3) is 0 Å². The molecule has 2 N–H and O–H groups in total. The highest BCUT2D eigenvalue weighted by Crippen LogP contribution is 2.28. The van der Waals surface area contributed by atoms with Gasteiger partial charge in [-0.05, 0) is 36.5 Å². The summed E-state index contributed by atoms with van der Waals surface area (Å²) in [5.41, 5.74) is 0.508. The van der Waals surface area contributed by atoms with Gasteiger partial charge in [-0.2, -0.15) is 0 Å². The highest BCUT2D eigenvalue weighted by molar-refractivity contribution is 5.85. The fraction of sp³-hybridized carbons (Fsp3) is 0.556. The van der Waals surface area contributed by atoms with Crippen molar-refractivity contribution in [2.24, 2.45) is 5.92 Å². The zero-order chi connectivity index (χ0) is 19.4. The molecule has 0 spiro atoms. The maximum absolute atomic E-state index is 12.3. The number of hydrogen-bond donors (Lipinski definition) is 2. The number of hydrogen-bond acceptors (Lipinski definition) is 4. The summed E-state index contributed by atoms with van der Waals surface area (Å²) in [6.45, 7) is 1.60. The number of rotatable bonds is 6. The number of ether oxygens (including phenoxy) is 1. The molecule has 2 amide bonds. The Morgan fingerprint density at radius 3 is 2.56 bits per heavy atom. The molecule has 0 radical (unpaired) electrons. The normalized spacial score (nSPS) is 21.3. The van der Waals surface area contributed by atoms with Crippen molar-refractivity contribution in [3.63, 3.8) is 0 Å². The zero-order valence-electron chi connectivity index (χ0n) is 14.7. The van der Waals surface area contributed by atoms with Crippen molar-refractivity contribution in [2.45, 2.75) is 31.7 Å². The second kappa shape index (κ2) is 8.16. The minimum Gasteiger partial charge on any atom is -0.406 e. The molecule has 9 heteroatoms. The smallest absolute Gasteiger partial charge is 0.406 e. The summed E-state index contributed by atoms with van der Waals surface area (Å²) >= 11 is 0. The maximum Gasteiger partial charge on any atom is 0.573 e. The van der Waals surface area contributed by atoms with Crippen molar-refractivity contribution in [3.05, 3.63) is 29.8 Å². The van der Waals surface area contributed by atoms with E-state index in [0.717, 1.165) is 12.8 Å². The molecular weight excluding hydrogens is 363 g/mol. The molecule has 1 aliphatic carbocycles. The Kier molecular flexibility index (Phi) is 5.88. The fourth-order valence-corrected chi connectivity index (χ4v) is 3.29. The topological polar surface area (TPSA) is 70.7 Å². The highest BCUT2D eigenvalue weighted by Gasteiger charge is 2.34. The molecule has 1 saturated heterocycles. The predicted octanol–water partition coefficient (Wildman–Crippen LogP) is 1.97. The van der Waals surface area contributed by atoms with Gasteiger partial charge in [-0.1, -0.05) is 18.6 Å². The van der Waals surface area contributed by atoms with E-state index in [9.17, 15) is 22.8 Å². The first kappa shape index (κ1) is 19.5. The first-order valence-electron chi connectivity index (χ1n) is 8.96. The summed E-state index contributed by atoms with van der Waals surface area (Å²) in [7, 11) is 0. The number of carbonyl (C=O) groups excluding carboxylic acids is 2. The number of alkyl halides is 3. The Bertz CT molecular complexity index is 675. The summed E-state index contributed by atoms with van der Waals surface area (Å²) in [5.74, 6) is -0.251. The molecule has 148 valence electrons. The van der Waals surface area contributed by atoms with Crippen LogP contribution in [0, 0.1) is 5.92 Å². The van der Waals surface area contributed by atoms with E-state index in [0.29, 0.717) is 31.1 Å². The van der Waals surface area contributed by atoms with Crippen LogP contribution in [-0.2, 0) is 9.59 Å². The van der Waals surface area contributed by atoms with Gasteiger partial charge in [0.05, 0.1) is 6.54 Å². The first-order chi connectivity index (χ1) is 12.8. The molecule has 3 rings (SSSR count). The van der Waals surface area contributed by atoms with Crippen LogP contribution in [0.4, 0.5) is 13.2 Å². The molecule has 0 unspecified atom stereocenters. The van der Waals surface area contributed by atoms with Crippen LogP contribution in [-0.4, -0.2) is 49.3 Å². The van der Waals surface area contributed by atoms with Gasteiger partial charge < -0.3 is 15.4 Å². The van der Waals surface area contributed by atoms with E-state index in [2.05, 4.69) is 15.4 Å². The zero-order valence-corrected chi connectivity index (χ0v) is 14.7. The summed E-state index contributed by atoms with van der Waals surface area (Å²) in [4.78, 5) is 26.3. The SMILES string of the molecule is O=C(CN1CCNC(=O)[C@H]1c1ccc(OC(F)(F)F)cc1)NCC1CCC1. The molecule has 2 aliphatic rings. The lowest BCUT2D eigenvalue weighted by atomic mass is 9.85. The molecule has 0 aromatic heterocycles. The molecule has 1 aromatic carbocycles. The number of nitrogens with zero attached hydrogens (tertiary/aromatic N) is 1. The molecule has 1 saturated carbocycles. The fourth-order valence-electron chi connectivity index (χ4n) is 3.29. The number of carbonyl (C=O) groups is 2. The van der Waals surface area contributed by atoms with Crippen LogP contribution < -0.4 is 15.4 Å². The molecule has 1 aromatic rings. The van der Waals surface area contributed by atoms with Crippen molar-refractivity contribution < 1.29 is 27.5 Å². The molecule has 1 atom stereocenters. The standard InChI is InChI=1S/C18H22F3N3O3/c19-18(20,21)27-14-6-4-13(5-7-14)16-17(26)22-8-9-24(16)11-15(25)23-10-12-2-1-3-12/h4-7,12,16H,1-3,8-11H2,(H,22,26)(H,23,25)/t16-/m1/s1. The number of piperazine rings is 1. The lowest BCUT2D eigenvalue weighted by molar-refractivity contribution is -0.274. The van der Waals surface area contributed by atoms with Gasteiger partial charge >= 0.3 is 6.36 Å². The van der Waals surface area contributed by atoms with Crippen LogP contribution in [0.5, 0.6) is 5.75 Å². The van der Waals surface area contributed by atoms with E-state index in [-0.39, 0.29) is 24.1 Å². The average molecular weight is 385 g/mol. The predicted molar refractivity (Wildman–Crippen MR) is 90.8 cm³/mol. The lowest BCUT2D eigenvalue weighted by Crippen LogP contribution is -2.52. The second-order valence-corrected chi connectivity index (χ2v) is 6.88. The van der Waals surface area contributed by atoms with Crippen molar-refractivity contribution in [1.29, 1.82) is 0 Å². The van der Waals surface area contributed by atoms with E-state index in [1.165, 1.54) is 30.7 Å². The molecule has 1 heterocycles. The Morgan fingerprint density at radius 1 is 1.26 bits per heavy atom. The maximum atomic E-state index is 12.3. The third-order valence-electron chi connectivity index (χ3n) is 4.90. The minimum absolute atomic E-state index is 0.0611. The van der Waals surface area contributed by atoms with Crippen LogP contribution in [0.2, 0.25) is 0 Å². The Balaban J connectivity index is 1.64. The molecular formula is C18H22F3N3O3. The van der Waals surface area contributed by atoms with Gasteiger partial charge in [0.15, 0.2) is 0 Å². The quantitative estimate of drug-likeness (QED) is 0.786. The number of benzene rings is 1. The van der Waals surface area contributed by atoms with Crippen molar-refractivity contribution in [2.75, 3.05) is 26.2 Å². The number of halogens is 3. The van der Waals surface area contributed by atoms with Crippen molar-refractivity contribution >= 4 is 11.8 Å². The molecule has 27 heavy (non-hydrogen) atoms. The van der Waals surface area contributed by atoms with Gasteiger partial charge in [0.1, 0.15) is 11.8 Å². The van der Waals surface area contributed by atoms with Crippen LogP contribution >= 0.6 is 0 Å². The largest absolute Gasteiger partial charge is 0.573 e. The molecule has 2 fully saturated rings. The third kappa shape index (κ3) is 5.35. The van der Waals surface area contributed by atoms with Crippen molar-refractivity contribution in [3.8, 4) is 5.75 Å². The van der Waals surface area contributed by atoms with E-state index >= 15 is 0 Å². The third-order valence-corrected chi connectivity index (χ3v) is 4.90. The van der Waals surface area contributed by atoms with Crippen molar-refractivity contribution in [1.82, 2.24) is 15.5 Å². The van der Waals surface area contributed by atoms with Crippen LogP contribution in [0.1, 0.15) is 30.9 Å². The van der Waals surface area contributed by atoms with Gasteiger partial charge in [-0.3, -0.25) is 14.5 Å². The van der Waals surface area contributed by atoms with Crippen LogP contribution in [0.3, 0.4) is 0 Å². The van der Waals surface area contributed by atoms with E-state index < -0.39 is 12.4 Å². The number of amides is 2.